The highest BCUT2D eigenvalue weighted by Crippen LogP contribution is 2.18. The summed E-state index contributed by atoms with van der Waals surface area (Å²) in [6.45, 7) is 7.51. The van der Waals surface area contributed by atoms with Crippen LogP contribution in [0.2, 0.25) is 0 Å². The van der Waals surface area contributed by atoms with E-state index in [1.54, 1.807) is 24.4 Å². The van der Waals surface area contributed by atoms with Crippen molar-refractivity contribution in [3.05, 3.63) is 82.0 Å². The smallest absolute Gasteiger partial charge is 0.270 e. The van der Waals surface area contributed by atoms with Gasteiger partial charge in [0, 0.05) is 42.1 Å². The van der Waals surface area contributed by atoms with Gasteiger partial charge in [-0.25, -0.2) is 4.98 Å². The quantitative estimate of drug-likeness (QED) is 0.478. The number of nitrogens with one attached hydrogen (secondary N) is 3. The van der Waals surface area contributed by atoms with Gasteiger partial charge in [0.25, 0.3) is 11.5 Å². The Morgan fingerprint density at radius 3 is 2.73 bits per heavy atom. The number of H-pyrrole nitrogens is 1. The van der Waals surface area contributed by atoms with Gasteiger partial charge in [0.15, 0.2) is 0 Å². The van der Waals surface area contributed by atoms with Crippen LogP contribution < -0.4 is 16.2 Å². The molecule has 0 atom stereocenters. The zero-order valence-corrected chi connectivity index (χ0v) is 17.3. The maximum absolute atomic E-state index is 12.5. The molecule has 4 rings (SSSR count). The number of aromatic nitrogens is 3. The summed E-state index contributed by atoms with van der Waals surface area (Å²) in [6, 6.07) is 14.7. The van der Waals surface area contributed by atoms with Crippen LogP contribution in [0, 0.1) is 0 Å². The lowest BCUT2D eigenvalue weighted by atomic mass is 10.1. The summed E-state index contributed by atoms with van der Waals surface area (Å²) in [6.07, 6.45) is 1.63. The first-order chi connectivity index (χ1) is 14.3. The van der Waals surface area contributed by atoms with Crippen LogP contribution in [-0.4, -0.2) is 25.8 Å². The average molecular weight is 403 g/mol. The molecule has 3 heterocycles. The normalized spacial score (nSPS) is 11.8. The van der Waals surface area contributed by atoms with Crippen LogP contribution in [0.3, 0.4) is 0 Å². The zero-order valence-electron chi connectivity index (χ0n) is 17.3. The maximum atomic E-state index is 12.5. The van der Waals surface area contributed by atoms with Crippen LogP contribution in [0.5, 0.6) is 0 Å². The Bertz CT molecular complexity index is 1280. The number of hydrogen-bond acceptors (Lipinski definition) is 4. The monoisotopic (exact) mass is 403 g/mol. The molecule has 30 heavy (non-hydrogen) atoms. The molecule has 0 aliphatic carbocycles. The summed E-state index contributed by atoms with van der Waals surface area (Å²) < 4.78 is 1.40. The first-order valence-electron chi connectivity index (χ1n) is 9.91. The van der Waals surface area contributed by atoms with Gasteiger partial charge in [-0.15, -0.1) is 0 Å². The third-order valence-corrected chi connectivity index (χ3v) is 4.81. The minimum atomic E-state index is -0.375. The second-order valence-corrected chi connectivity index (χ2v) is 8.41. The van der Waals surface area contributed by atoms with Crippen LogP contribution in [0.15, 0.2) is 59.5 Å². The predicted octanol–water partition coefficient (Wildman–Crippen LogP) is 2.99. The van der Waals surface area contributed by atoms with E-state index >= 15 is 0 Å². The number of hydrogen-bond donors (Lipinski definition) is 3. The molecule has 3 N–H and O–H groups in total. The third-order valence-electron chi connectivity index (χ3n) is 4.81. The van der Waals surface area contributed by atoms with Crippen LogP contribution >= 0.6 is 0 Å². The number of rotatable bonds is 5. The van der Waals surface area contributed by atoms with Crippen molar-refractivity contribution < 1.29 is 4.79 Å². The molecule has 0 fully saturated rings. The van der Waals surface area contributed by atoms with Gasteiger partial charge >= 0.3 is 0 Å². The van der Waals surface area contributed by atoms with E-state index in [-0.39, 0.29) is 22.7 Å². The molecule has 0 saturated carbocycles. The van der Waals surface area contributed by atoms with Crippen molar-refractivity contribution in [2.45, 2.75) is 39.4 Å². The van der Waals surface area contributed by atoms with Crippen LogP contribution in [0.1, 0.15) is 42.5 Å². The van der Waals surface area contributed by atoms with Crippen LogP contribution in [-0.2, 0) is 13.1 Å². The van der Waals surface area contributed by atoms with Crippen molar-refractivity contribution in [1.29, 1.82) is 0 Å². The van der Waals surface area contributed by atoms with Crippen LogP contribution in [0.4, 0.5) is 0 Å². The molecule has 7 heteroatoms. The second-order valence-electron chi connectivity index (χ2n) is 8.41. The van der Waals surface area contributed by atoms with E-state index in [0.717, 1.165) is 28.7 Å². The van der Waals surface area contributed by atoms with E-state index < -0.39 is 0 Å². The minimum Gasteiger partial charge on any atom is -0.357 e. The molecule has 0 bridgehead atoms. The molecule has 0 radical (unpaired) electrons. The topological polar surface area (TPSA) is 91.3 Å². The SMILES string of the molecule is CC(C)(C)NCc1cc2ccc(CNC(=O)c3cc(=O)n4ccccc4n3)cc2[nH]1. The van der Waals surface area contributed by atoms with Crippen molar-refractivity contribution in [3.8, 4) is 0 Å². The highest BCUT2D eigenvalue weighted by atomic mass is 16.2. The summed E-state index contributed by atoms with van der Waals surface area (Å²) in [5, 5.41) is 7.44. The van der Waals surface area contributed by atoms with Gasteiger partial charge in [-0.3, -0.25) is 14.0 Å². The number of benzene rings is 1. The van der Waals surface area contributed by atoms with Crippen molar-refractivity contribution in [1.82, 2.24) is 25.0 Å². The van der Waals surface area contributed by atoms with Crippen molar-refractivity contribution in [3.63, 3.8) is 0 Å². The summed E-state index contributed by atoms with van der Waals surface area (Å²) in [5.74, 6) is -0.375. The summed E-state index contributed by atoms with van der Waals surface area (Å²) in [4.78, 5) is 32.4. The summed E-state index contributed by atoms with van der Waals surface area (Å²) in [5.41, 5.74) is 3.42. The molecule has 1 aromatic carbocycles. The van der Waals surface area contributed by atoms with E-state index in [2.05, 4.69) is 47.4 Å². The Labute approximate surface area is 174 Å². The lowest BCUT2D eigenvalue weighted by Gasteiger charge is -2.19. The number of nitrogens with zero attached hydrogens (tertiary/aromatic N) is 2. The number of aromatic amines is 1. The Balaban J connectivity index is 1.46. The van der Waals surface area contributed by atoms with Gasteiger partial charge in [-0.05, 0) is 56.0 Å². The van der Waals surface area contributed by atoms with E-state index in [1.807, 2.05) is 18.2 Å². The van der Waals surface area contributed by atoms with Gasteiger partial charge in [-0.1, -0.05) is 18.2 Å². The number of pyridine rings is 1. The number of fused-ring (bicyclic) bond motifs is 2. The predicted molar refractivity (Wildman–Crippen MR) is 118 cm³/mol. The van der Waals surface area contributed by atoms with Crippen molar-refractivity contribution in [2.75, 3.05) is 0 Å². The van der Waals surface area contributed by atoms with E-state index in [4.69, 9.17) is 0 Å². The molecule has 154 valence electrons. The fourth-order valence-electron chi connectivity index (χ4n) is 3.24. The second kappa shape index (κ2) is 7.76. The highest BCUT2D eigenvalue weighted by molar-refractivity contribution is 5.92. The van der Waals surface area contributed by atoms with Crippen molar-refractivity contribution in [2.24, 2.45) is 0 Å². The summed E-state index contributed by atoms with van der Waals surface area (Å²) in [7, 11) is 0. The maximum Gasteiger partial charge on any atom is 0.270 e. The fourth-order valence-corrected chi connectivity index (χ4v) is 3.24. The minimum absolute atomic E-state index is 0.0476. The van der Waals surface area contributed by atoms with Gasteiger partial charge in [-0.2, -0.15) is 0 Å². The standard InChI is InChI=1S/C23H25N5O2/c1-23(2,3)25-14-17-11-16-8-7-15(10-18(16)26-17)13-24-22(30)19-12-21(29)28-9-5-4-6-20(28)27-19/h4-12,25-26H,13-14H2,1-3H3,(H,24,30). The molecule has 0 unspecified atom stereocenters. The molecule has 0 aliphatic heterocycles. The molecule has 4 aromatic rings. The molecule has 0 spiro atoms. The number of carbonyl (C=O) groups is 1. The van der Waals surface area contributed by atoms with E-state index in [1.165, 1.54) is 10.5 Å². The Kier molecular flexibility index (Phi) is 5.13. The number of amides is 1. The van der Waals surface area contributed by atoms with Gasteiger partial charge in [0.05, 0.1) is 0 Å². The third kappa shape index (κ3) is 4.41. The first-order valence-corrected chi connectivity index (χ1v) is 9.91. The first kappa shape index (κ1) is 19.8. The largest absolute Gasteiger partial charge is 0.357 e. The molecule has 0 saturated heterocycles. The highest BCUT2D eigenvalue weighted by Gasteiger charge is 2.12. The molecule has 3 aromatic heterocycles. The van der Waals surface area contributed by atoms with E-state index in [9.17, 15) is 9.59 Å². The lowest BCUT2D eigenvalue weighted by molar-refractivity contribution is 0.0946. The molecular weight excluding hydrogens is 378 g/mol. The van der Waals surface area contributed by atoms with Gasteiger partial charge in [0.2, 0.25) is 0 Å². The molecule has 1 amide bonds. The Morgan fingerprint density at radius 2 is 1.93 bits per heavy atom. The number of carbonyl (C=O) groups excluding carboxylic acids is 1. The van der Waals surface area contributed by atoms with Crippen molar-refractivity contribution >= 4 is 22.5 Å². The van der Waals surface area contributed by atoms with Crippen LogP contribution in [0.25, 0.3) is 16.6 Å². The molecule has 7 nitrogen and oxygen atoms in total. The lowest BCUT2D eigenvalue weighted by Crippen LogP contribution is -2.35. The zero-order chi connectivity index (χ0) is 21.3. The summed E-state index contributed by atoms with van der Waals surface area (Å²) >= 11 is 0. The Morgan fingerprint density at radius 1 is 1.10 bits per heavy atom. The van der Waals surface area contributed by atoms with Gasteiger partial charge in [0.1, 0.15) is 11.3 Å². The Hall–Kier alpha value is -3.45. The average Bonchev–Trinajstić information content (AvgIpc) is 3.12. The van der Waals surface area contributed by atoms with E-state index in [0.29, 0.717) is 12.2 Å². The fraction of sp³-hybridized carbons (Fsp3) is 0.261. The van der Waals surface area contributed by atoms with Gasteiger partial charge < -0.3 is 15.6 Å². The molecular formula is C23H25N5O2. The molecule has 0 aliphatic rings.